The zero-order valence-electron chi connectivity index (χ0n) is 16.6. The summed E-state index contributed by atoms with van der Waals surface area (Å²) in [5, 5.41) is 0. The number of halogens is 2. The maximum atomic E-state index is 4.93. The van der Waals surface area contributed by atoms with E-state index in [0.717, 1.165) is 0 Å². The third-order valence-corrected chi connectivity index (χ3v) is 5.02. The number of unbranched alkanes of at least 4 members (excludes halogenated alkanes) is 3. The quantitative estimate of drug-likeness (QED) is 0.350. The van der Waals surface area contributed by atoms with Gasteiger partial charge in [-0.05, 0) is 46.6 Å². The molecule has 27 heavy (non-hydrogen) atoms. The van der Waals surface area contributed by atoms with E-state index >= 15 is 0 Å². The third-order valence-electron chi connectivity index (χ3n) is 5.02. The van der Waals surface area contributed by atoms with Crippen molar-refractivity contribution in [2.75, 3.05) is 0 Å². The summed E-state index contributed by atoms with van der Waals surface area (Å²) in [5.74, 6) is 0.579. The summed E-state index contributed by atoms with van der Waals surface area (Å²) < 4.78 is 0. The first kappa shape index (κ1) is 22.9. The molecular formula is C24H29Cl2Zr. The molecular weight excluding hydrogens is 450 g/mol. The maximum absolute atomic E-state index is 4.93. The van der Waals surface area contributed by atoms with Crippen LogP contribution in [-0.4, -0.2) is 0 Å². The fourth-order valence-corrected chi connectivity index (χ4v) is 3.45. The second-order valence-corrected chi connectivity index (χ2v) is 11.1. The summed E-state index contributed by atoms with van der Waals surface area (Å²) in [7, 11) is 9.87. The Labute approximate surface area is 184 Å². The van der Waals surface area contributed by atoms with Crippen molar-refractivity contribution in [2.24, 2.45) is 5.92 Å². The molecule has 0 nitrogen and oxygen atoms in total. The molecule has 0 heterocycles. The predicted molar refractivity (Wildman–Crippen MR) is 118 cm³/mol. The van der Waals surface area contributed by atoms with Crippen LogP contribution in [0.5, 0.6) is 0 Å². The predicted octanol–water partition coefficient (Wildman–Crippen LogP) is 8.46. The molecule has 0 aromatic heterocycles. The molecule has 3 heteroatoms. The molecule has 1 aliphatic rings. The van der Waals surface area contributed by atoms with E-state index in [2.05, 4.69) is 75.7 Å². The summed E-state index contributed by atoms with van der Waals surface area (Å²) in [5.41, 5.74) is 8.34. The van der Waals surface area contributed by atoms with Crippen molar-refractivity contribution in [1.29, 1.82) is 0 Å². The van der Waals surface area contributed by atoms with Gasteiger partial charge in [0, 0.05) is 6.42 Å². The van der Waals surface area contributed by atoms with Crippen LogP contribution in [0.3, 0.4) is 0 Å². The minimum atomic E-state index is -0.826. The van der Waals surface area contributed by atoms with Crippen molar-refractivity contribution in [3.63, 3.8) is 0 Å². The first-order valence-electron chi connectivity index (χ1n) is 9.85. The number of hydrogen-bond acceptors (Lipinski definition) is 0. The summed E-state index contributed by atoms with van der Waals surface area (Å²) in [6.45, 7) is 6.80. The Morgan fingerprint density at radius 3 is 2.26 bits per heavy atom. The third kappa shape index (κ3) is 6.88. The Bertz CT molecular complexity index is 733. The number of hydrogen-bond donors (Lipinski definition) is 0. The van der Waals surface area contributed by atoms with Gasteiger partial charge in [-0.1, -0.05) is 94.1 Å². The van der Waals surface area contributed by atoms with Crippen LogP contribution in [0.4, 0.5) is 0 Å². The molecule has 1 aliphatic carbocycles. The Hall–Kier alpha value is -0.357. The van der Waals surface area contributed by atoms with Crippen LogP contribution < -0.4 is 0 Å². The Balaban J connectivity index is 0.000000817. The van der Waals surface area contributed by atoms with Crippen LogP contribution in [0.2, 0.25) is 0 Å². The van der Waals surface area contributed by atoms with Gasteiger partial charge in [-0.2, -0.15) is 0 Å². The van der Waals surface area contributed by atoms with Gasteiger partial charge < -0.3 is 0 Å². The Kier molecular flexibility index (Phi) is 10.4. The second-order valence-electron chi connectivity index (χ2n) is 7.33. The van der Waals surface area contributed by atoms with Crippen molar-refractivity contribution >= 4 is 23.1 Å². The van der Waals surface area contributed by atoms with Gasteiger partial charge in [0.25, 0.3) is 0 Å². The molecule has 0 aliphatic heterocycles. The van der Waals surface area contributed by atoms with Gasteiger partial charge in [0.15, 0.2) is 0 Å². The second kappa shape index (κ2) is 12.3. The van der Waals surface area contributed by atoms with Gasteiger partial charge in [0.1, 0.15) is 0 Å². The molecule has 0 bridgehead atoms. The fraction of sp³-hybridized carbons (Fsp3) is 0.375. The van der Waals surface area contributed by atoms with Gasteiger partial charge in [0.2, 0.25) is 0 Å². The van der Waals surface area contributed by atoms with Crippen molar-refractivity contribution in [3.05, 3.63) is 71.1 Å². The van der Waals surface area contributed by atoms with E-state index in [-0.39, 0.29) is 0 Å². The average molecular weight is 480 g/mol. The SMILES string of the molecule is CCCCCCc1ccc(-c2cccc3c2C=C(C(C)C)[CH]3)cc1.[Cl][Zr][Cl]. The first-order chi connectivity index (χ1) is 13.1. The Morgan fingerprint density at radius 2 is 1.63 bits per heavy atom. The summed E-state index contributed by atoms with van der Waals surface area (Å²) in [6.07, 6.45) is 11.2. The van der Waals surface area contributed by atoms with Crippen LogP contribution in [0.25, 0.3) is 17.2 Å². The molecule has 3 rings (SSSR count). The van der Waals surface area contributed by atoms with Crippen molar-refractivity contribution in [1.82, 2.24) is 0 Å². The molecule has 0 saturated heterocycles. The van der Waals surface area contributed by atoms with Crippen LogP contribution in [0.15, 0.2) is 48.0 Å². The minimum absolute atomic E-state index is 0.579. The van der Waals surface area contributed by atoms with Gasteiger partial charge in [0.05, 0.1) is 0 Å². The van der Waals surface area contributed by atoms with Crippen molar-refractivity contribution < 1.29 is 20.8 Å². The van der Waals surface area contributed by atoms with E-state index in [1.807, 2.05) is 0 Å². The summed E-state index contributed by atoms with van der Waals surface area (Å²) in [4.78, 5) is 0. The van der Waals surface area contributed by atoms with Gasteiger partial charge in [-0.25, -0.2) is 0 Å². The topological polar surface area (TPSA) is 0 Å². The molecule has 143 valence electrons. The normalized spacial score (nSPS) is 12.3. The van der Waals surface area contributed by atoms with E-state index in [1.165, 1.54) is 65.5 Å². The molecule has 0 unspecified atom stereocenters. The first-order valence-corrected chi connectivity index (χ1v) is 16.2. The van der Waals surface area contributed by atoms with Gasteiger partial charge in [-0.15, -0.1) is 0 Å². The van der Waals surface area contributed by atoms with E-state index in [4.69, 9.17) is 17.0 Å². The zero-order chi connectivity index (χ0) is 19.6. The van der Waals surface area contributed by atoms with Crippen LogP contribution in [-0.2, 0) is 27.3 Å². The number of allylic oxidation sites excluding steroid dienone is 1. The molecule has 2 aromatic carbocycles. The fourth-order valence-electron chi connectivity index (χ4n) is 3.45. The van der Waals surface area contributed by atoms with Crippen LogP contribution in [0, 0.1) is 12.3 Å². The molecule has 2 aromatic rings. The number of rotatable bonds is 7. The monoisotopic (exact) mass is 477 g/mol. The van der Waals surface area contributed by atoms with Gasteiger partial charge in [-0.3, -0.25) is 0 Å². The van der Waals surface area contributed by atoms with Crippen molar-refractivity contribution in [2.45, 2.75) is 52.9 Å². The molecule has 1 radical (unpaired) electrons. The standard InChI is InChI=1S/C24H29.2ClH.Zr/c1-4-5-6-7-9-19-12-14-20(15-13-19)23-11-8-10-21-16-22(18(2)3)17-24(21)23;;;/h8,10-18H,4-7,9H2,1-3H3;2*1H;/q;;;+2/p-2. The Morgan fingerprint density at radius 1 is 0.926 bits per heavy atom. The number of aryl methyl sites for hydroxylation is 1. The van der Waals surface area contributed by atoms with E-state index < -0.39 is 20.8 Å². The number of fused-ring (bicyclic) bond motifs is 1. The molecule has 0 N–H and O–H groups in total. The van der Waals surface area contributed by atoms with Crippen LogP contribution in [0.1, 0.15) is 63.1 Å². The molecule has 0 atom stereocenters. The van der Waals surface area contributed by atoms with E-state index in [9.17, 15) is 0 Å². The number of benzene rings is 2. The van der Waals surface area contributed by atoms with Gasteiger partial charge >= 0.3 is 37.9 Å². The summed E-state index contributed by atoms with van der Waals surface area (Å²) in [6, 6.07) is 15.9. The molecule has 0 saturated carbocycles. The molecule has 0 amide bonds. The van der Waals surface area contributed by atoms with E-state index in [1.54, 1.807) is 0 Å². The van der Waals surface area contributed by atoms with Crippen LogP contribution >= 0.6 is 17.0 Å². The molecule has 0 fully saturated rings. The summed E-state index contributed by atoms with van der Waals surface area (Å²) >= 11 is -0.826. The average Bonchev–Trinajstić information content (AvgIpc) is 3.11. The van der Waals surface area contributed by atoms with E-state index in [0.29, 0.717) is 5.92 Å². The van der Waals surface area contributed by atoms with Crippen molar-refractivity contribution in [3.8, 4) is 11.1 Å². The zero-order valence-corrected chi connectivity index (χ0v) is 20.5. The molecule has 0 spiro atoms.